The molecule has 0 saturated heterocycles. The zero-order valence-corrected chi connectivity index (χ0v) is 10.1. The lowest BCUT2D eigenvalue weighted by atomic mass is 9.99. The van der Waals surface area contributed by atoms with Gasteiger partial charge in [0.15, 0.2) is 5.78 Å². The second-order valence-electron chi connectivity index (χ2n) is 3.78. The number of rotatable bonds is 6. The number of carbonyl (C=O) groups is 1. The molecule has 3 nitrogen and oxygen atoms in total. The third-order valence-electron chi connectivity index (χ3n) is 2.41. The van der Waals surface area contributed by atoms with Gasteiger partial charge in [-0.3, -0.25) is 4.79 Å². The fourth-order valence-electron chi connectivity index (χ4n) is 1.57. The maximum absolute atomic E-state index is 11.9. The lowest BCUT2D eigenvalue weighted by molar-refractivity contribution is 0.0930. The Hall–Kier alpha value is -1.35. The molecule has 0 aliphatic carbocycles. The van der Waals surface area contributed by atoms with E-state index in [4.69, 9.17) is 4.74 Å². The van der Waals surface area contributed by atoms with E-state index in [0.29, 0.717) is 13.2 Å². The van der Waals surface area contributed by atoms with E-state index in [9.17, 15) is 4.79 Å². The number of carbonyl (C=O) groups excluding carboxylic acids is 1. The first kappa shape index (κ1) is 12.7. The third kappa shape index (κ3) is 3.35. The molecule has 1 aromatic carbocycles. The molecule has 88 valence electrons. The Morgan fingerprint density at radius 3 is 2.50 bits per heavy atom. The lowest BCUT2D eigenvalue weighted by Gasteiger charge is -2.10. The van der Waals surface area contributed by atoms with Gasteiger partial charge in [0, 0.05) is 18.0 Å². The van der Waals surface area contributed by atoms with Crippen molar-refractivity contribution >= 4 is 5.78 Å². The van der Waals surface area contributed by atoms with E-state index in [1.165, 1.54) is 0 Å². The van der Waals surface area contributed by atoms with E-state index in [1.807, 2.05) is 45.2 Å². The highest BCUT2D eigenvalue weighted by molar-refractivity contribution is 5.97. The van der Waals surface area contributed by atoms with Gasteiger partial charge in [-0.25, -0.2) is 0 Å². The zero-order chi connectivity index (χ0) is 12.0. The number of nitrogens with one attached hydrogen (secondary N) is 1. The van der Waals surface area contributed by atoms with Crippen molar-refractivity contribution in [3.05, 3.63) is 29.8 Å². The first-order valence-electron chi connectivity index (χ1n) is 5.60. The van der Waals surface area contributed by atoms with Crippen LogP contribution in [0.1, 0.15) is 24.2 Å². The average Bonchev–Trinajstić information content (AvgIpc) is 2.30. The molecule has 0 fully saturated rings. The molecule has 16 heavy (non-hydrogen) atoms. The standard InChI is InChI=1S/C13H19NO2/c1-4-16-12-7-5-11(6-8-12)13(15)10(2)9-14-3/h5-8,10,14H,4,9H2,1-3H3. The minimum absolute atomic E-state index is 0.00273. The predicted octanol–water partition coefficient (Wildman–Crippen LogP) is 2.12. The quantitative estimate of drug-likeness (QED) is 0.748. The molecule has 0 spiro atoms. The largest absolute Gasteiger partial charge is 0.494 e. The van der Waals surface area contributed by atoms with Crippen LogP contribution in [0.4, 0.5) is 0 Å². The first-order valence-corrected chi connectivity index (χ1v) is 5.60. The Morgan fingerprint density at radius 2 is 2.00 bits per heavy atom. The van der Waals surface area contributed by atoms with Crippen LogP contribution in [0.2, 0.25) is 0 Å². The van der Waals surface area contributed by atoms with Gasteiger partial charge in [-0.05, 0) is 38.2 Å². The van der Waals surface area contributed by atoms with E-state index in [0.717, 1.165) is 11.3 Å². The van der Waals surface area contributed by atoms with Crippen molar-refractivity contribution in [2.24, 2.45) is 5.92 Å². The summed E-state index contributed by atoms with van der Waals surface area (Å²) in [5.41, 5.74) is 0.742. The van der Waals surface area contributed by atoms with E-state index >= 15 is 0 Å². The summed E-state index contributed by atoms with van der Waals surface area (Å²) in [4.78, 5) is 11.9. The highest BCUT2D eigenvalue weighted by atomic mass is 16.5. The van der Waals surface area contributed by atoms with Crippen molar-refractivity contribution in [2.75, 3.05) is 20.2 Å². The number of hydrogen-bond acceptors (Lipinski definition) is 3. The van der Waals surface area contributed by atoms with E-state index < -0.39 is 0 Å². The van der Waals surface area contributed by atoms with Crippen LogP contribution in [-0.2, 0) is 0 Å². The van der Waals surface area contributed by atoms with Crippen molar-refractivity contribution in [1.29, 1.82) is 0 Å². The Kier molecular flexibility index (Phi) is 4.99. The van der Waals surface area contributed by atoms with Crippen molar-refractivity contribution in [3.8, 4) is 5.75 Å². The molecule has 0 radical (unpaired) electrons. The van der Waals surface area contributed by atoms with Crippen molar-refractivity contribution in [1.82, 2.24) is 5.32 Å². The average molecular weight is 221 g/mol. The Morgan fingerprint density at radius 1 is 1.38 bits per heavy atom. The summed E-state index contributed by atoms with van der Waals surface area (Å²) in [6.07, 6.45) is 0. The molecular formula is C13H19NO2. The molecule has 0 saturated carbocycles. The van der Waals surface area contributed by atoms with Crippen LogP contribution in [0, 0.1) is 5.92 Å². The number of ketones is 1. The molecule has 0 aliphatic rings. The molecular weight excluding hydrogens is 202 g/mol. The van der Waals surface area contributed by atoms with Gasteiger partial charge in [0.1, 0.15) is 5.75 Å². The first-order chi connectivity index (χ1) is 7.69. The van der Waals surface area contributed by atoms with Gasteiger partial charge in [0.2, 0.25) is 0 Å². The summed E-state index contributed by atoms with van der Waals surface area (Å²) in [5, 5.41) is 3.00. The molecule has 0 amide bonds. The van der Waals surface area contributed by atoms with Gasteiger partial charge in [0.05, 0.1) is 6.61 Å². The van der Waals surface area contributed by atoms with Crippen LogP contribution >= 0.6 is 0 Å². The van der Waals surface area contributed by atoms with Gasteiger partial charge in [0.25, 0.3) is 0 Å². The van der Waals surface area contributed by atoms with Crippen molar-refractivity contribution < 1.29 is 9.53 Å². The van der Waals surface area contributed by atoms with Gasteiger partial charge in [-0.1, -0.05) is 6.92 Å². The summed E-state index contributed by atoms with van der Waals surface area (Å²) < 4.78 is 5.32. The van der Waals surface area contributed by atoms with E-state index in [2.05, 4.69) is 5.32 Å². The number of hydrogen-bond donors (Lipinski definition) is 1. The predicted molar refractivity (Wildman–Crippen MR) is 65.0 cm³/mol. The summed E-state index contributed by atoms with van der Waals surface area (Å²) >= 11 is 0. The number of Topliss-reactive ketones (excluding diaryl/α,β-unsaturated/α-hetero) is 1. The third-order valence-corrected chi connectivity index (χ3v) is 2.41. The van der Waals surface area contributed by atoms with E-state index in [1.54, 1.807) is 0 Å². The number of benzene rings is 1. The van der Waals surface area contributed by atoms with E-state index in [-0.39, 0.29) is 11.7 Å². The second-order valence-corrected chi connectivity index (χ2v) is 3.78. The summed E-state index contributed by atoms with van der Waals surface area (Å²) in [5.74, 6) is 0.973. The summed E-state index contributed by atoms with van der Waals surface area (Å²) in [7, 11) is 1.85. The summed E-state index contributed by atoms with van der Waals surface area (Å²) in [6.45, 7) is 5.21. The normalized spacial score (nSPS) is 12.2. The van der Waals surface area contributed by atoms with Crippen LogP contribution < -0.4 is 10.1 Å². The molecule has 1 atom stereocenters. The fraction of sp³-hybridized carbons (Fsp3) is 0.462. The Bertz CT molecular complexity index is 332. The van der Waals surface area contributed by atoms with Gasteiger partial charge in [-0.2, -0.15) is 0 Å². The molecule has 1 aromatic rings. The highest BCUT2D eigenvalue weighted by Crippen LogP contribution is 2.14. The monoisotopic (exact) mass is 221 g/mol. The van der Waals surface area contributed by atoms with Crippen LogP contribution in [0.5, 0.6) is 5.75 Å². The SMILES string of the molecule is CCOc1ccc(C(=O)C(C)CNC)cc1. The van der Waals surface area contributed by atoms with Crippen molar-refractivity contribution in [3.63, 3.8) is 0 Å². The molecule has 3 heteroatoms. The van der Waals surface area contributed by atoms with Gasteiger partial charge < -0.3 is 10.1 Å². The van der Waals surface area contributed by atoms with Gasteiger partial charge >= 0.3 is 0 Å². The summed E-state index contributed by atoms with van der Waals surface area (Å²) in [6, 6.07) is 7.31. The minimum Gasteiger partial charge on any atom is -0.494 e. The van der Waals surface area contributed by atoms with Crippen LogP contribution in [0.25, 0.3) is 0 Å². The zero-order valence-electron chi connectivity index (χ0n) is 10.1. The minimum atomic E-state index is 0.00273. The maximum Gasteiger partial charge on any atom is 0.166 e. The topological polar surface area (TPSA) is 38.3 Å². The second kappa shape index (κ2) is 6.28. The molecule has 0 aromatic heterocycles. The van der Waals surface area contributed by atoms with Crippen LogP contribution in [-0.4, -0.2) is 26.0 Å². The van der Waals surface area contributed by atoms with Crippen molar-refractivity contribution in [2.45, 2.75) is 13.8 Å². The van der Waals surface area contributed by atoms with Crippen LogP contribution in [0.3, 0.4) is 0 Å². The smallest absolute Gasteiger partial charge is 0.166 e. The molecule has 0 bridgehead atoms. The Labute approximate surface area is 96.8 Å². The molecule has 1 rings (SSSR count). The maximum atomic E-state index is 11.9. The fourth-order valence-corrected chi connectivity index (χ4v) is 1.57. The lowest BCUT2D eigenvalue weighted by Crippen LogP contribution is -2.23. The molecule has 1 N–H and O–H groups in total. The van der Waals surface area contributed by atoms with Gasteiger partial charge in [-0.15, -0.1) is 0 Å². The Balaban J connectivity index is 2.69. The molecule has 1 unspecified atom stereocenters. The van der Waals surface area contributed by atoms with Crippen LogP contribution in [0.15, 0.2) is 24.3 Å². The number of ether oxygens (including phenoxy) is 1. The molecule has 0 heterocycles. The highest BCUT2D eigenvalue weighted by Gasteiger charge is 2.13. The molecule has 0 aliphatic heterocycles.